The van der Waals surface area contributed by atoms with Crippen molar-refractivity contribution in [3.63, 3.8) is 0 Å². The highest BCUT2D eigenvalue weighted by atomic mass is 31.2. The lowest BCUT2D eigenvalue weighted by Crippen LogP contribution is -2.34. The third-order valence-electron chi connectivity index (χ3n) is 3.69. The third-order valence-corrected chi connectivity index (χ3v) is 4.18. The number of benzene rings is 1. The maximum Gasteiger partial charge on any atom is 0.448 e. The molecule has 5 N–H and O–H groups in total. The second-order valence-corrected chi connectivity index (χ2v) is 6.56. The molecule has 3 atom stereocenters. The van der Waals surface area contributed by atoms with Gasteiger partial charge in [-0.1, -0.05) is 25.1 Å². The molecule has 1 aliphatic carbocycles. The number of aromatic hydroxyl groups is 1. The van der Waals surface area contributed by atoms with Gasteiger partial charge in [-0.2, -0.15) is 4.76 Å². The predicted molar refractivity (Wildman–Crippen MR) is 85.3 cm³/mol. The molecule has 0 radical (unpaired) electrons. The Kier molecular flexibility index (Phi) is 5.06. The van der Waals surface area contributed by atoms with E-state index in [1.165, 1.54) is 30.4 Å². The van der Waals surface area contributed by atoms with Gasteiger partial charge in [0, 0.05) is 5.92 Å². The zero-order chi connectivity index (χ0) is 17.2. The van der Waals surface area contributed by atoms with Crippen LogP contribution >= 0.6 is 7.75 Å². The molecule has 0 heterocycles. The van der Waals surface area contributed by atoms with Gasteiger partial charge >= 0.3 is 7.75 Å². The summed E-state index contributed by atoms with van der Waals surface area (Å²) in [4.78, 5) is 18.0. The van der Waals surface area contributed by atoms with E-state index >= 15 is 0 Å². The number of aliphatic hydroxyl groups excluding tert-OH is 2. The van der Waals surface area contributed by atoms with E-state index in [0.29, 0.717) is 5.56 Å². The fraction of sp³-hybridized carbons (Fsp3) is 0.267. The minimum atomic E-state index is -4.69. The van der Waals surface area contributed by atoms with Gasteiger partial charge in [-0.05, 0) is 29.8 Å². The van der Waals surface area contributed by atoms with Crippen LogP contribution in [0.4, 0.5) is 0 Å². The van der Waals surface area contributed by atoms with E-state index in [-0.39, 0.29) is 17.2 Å². The first-order valence-electron chi connectivity index (χ1n) is 6.89. The fourth-order valence-corrected chi connectivity index (χ4v) is 2.96. The average molecular weight is 339 g/mol. The molecule has 0 saturated carbocycles. The van der Waals surface area contributed by atoms with Gasteiger partial charge in [0.05, 0.1) is 17.7 Å². The minimum absolute atomic E-state index is 0.0857. The monoisotopic (exact) mass is 339 g/mol. The Balaban J connectivity index is 2.34. The van der Waals surface area contributed by atoms with Crippen molar-refractivity contribution >= 4 is 13.5 Å². The summed E-state index contributed by atoms with van der Waals surface area (Å²) in [7, 11) is -4.69. The lowest BCUT2D eigenvalue weighted by Gasteiger charge is -2.29. The van der Waals surface area contributed by atoms with E-state index in [0.717, 1.165) is 0 Å². The van der Waals surface area contributed by atoms with Crippen molar-refractivity contribution in [1.29, 1.82) is 0 Å². The first kappa shape index (κ1) is 17.4. The van der Waals surface area contributed by atoms with E-state index in [2.05, 4.69) is 4.76 Å². The molecule has 23 heavy (non-hydrogen) atoms. The number of nitrogens with zero attached hydrogens (tertiary/aromatic N) is 1. The van der Waals surface area contributed by atoms with Gasteiger partial charge in [0.25, 0.3) is 0 Å². The van der Waals surface area contributed by atoms with Crippen LogP contribution in [0.3, 0.4) is 0 Å². The second kappa shape index (κ2) is 6.68. The van der Waals surface area contributed by atoms with E-state index in [1.54, 1.807) is 19.1 Å². The highest BCUT2D eigenvalue weighted by molar-refractivity contribution is 7.50. The van der Waals surface area contributed by atoms with Crippen molar-refractivity contribution in [3.8, 4) is 5.75 Å². The molecule has 2 rings (SSSR count). The zero-order valence-corrected chi connectivity index (χ0v) is 13.2. The van der Waals surface area contributed by atoms with Crippen LogP contribution in [0.25, 0.3) is 0 Å². The molecular weight excluding hydrogens is 321 g/mol. The molecule has 0 amide bonds. The number of hydrogen-bond donors (Lipinski definition) is 5. The molecule has 0 aliphatic heterocycles. The summed E-state index contributed by atoms with van der Waals surface area (Å²) in [6, 6.07) is 6.20. The molecule has 1 aliphatic rings. The van der Waals surface area contributed by atoms with E-state index in [4.69, 9.17) is 9.79 Å². The number of phenolic OH excluding ortho intramolecular Hbond substituents is 1. The summed E-state index contributed by atoms with van der Waals surface area (Å²) in [5.41, 5.74) is 0.615. The standard InChI is InChI=1S/C15H18NO6P/c1-9(10-5-7-11(17)8-6-10)15(19)14-12(16-23(20,21)22)3-2-4-13(14)18/h2-9,14-15,17-19H,1H3,(H2,20,21,22)/b16-12+. The smallest absolute Gasteiger partial charge is 0.448 e. The molecule has 0 saturated heterocycles. The van der Waals surface area contributed by atoms with Crippen LogP contribution < -0.4 is 0 Å². The summed E-state index contributed by atoms with van der Waals surface area (Å²) in [6.45, 7) is 1.71. The first-order valence-corrected chi connectivity index (χ1v) is 8.45. The Morgan fingerprint density at radius 1 is 1.17 bits per heavy atom. The van der Waals surface area contributed by atoms with Crippen LogP contribution in [-0.2, 0) is 4.57 Å². The fourth-order valence-electron chi connectivity index (χ4n) is 2.46. The molecule has 124 valence electrons. The van der Waals surface area contributed by atoms with Gasteiger partial charge in [-0.25, -0.2) is 4.57 Å². The molecule has 1 aromatic carbocycles. The van der Waals surface area contributed by atoms with Crippen LogP contribution in [0.2, 0.25) is 0 Å². The lowest BCUT2D eigenvalue weighted by molar-refractivity contribution is 0.109. The summed E-state index contributed by atoms with van der Waals surface area (Å²) >= 11 is 0. The Morgan fingerprint density at radius 3 is 2.35 bits per heavy atom. The van der Waals surface area contributed by atoms with Crippen LogP contribution in [0, 0.1) is 5.92 Å². The molecule has 8 heteroatoms. The third kappa shape index (κ3) is 4.30. The number of aliphatic hydroxyl groups is 2. The topological polar surface area (TPSA) is 131 Å². The highest BCUT2D eigenvalue weighted by Crippen LogP contribution is 2.40. The van der Waals surface area contributed by atoms with Gasteiger partial charge < -0.3 is 25.1 Å². The Hall–Kier alpha value is -1.92. The molecular formula is C15H18NO6P. The summed E-state index contributed by atoms with van der Waals surface area (Å²) in [5.74, 6) is -1.65. The lowest BCUT2D eigenvalue weighted by atomic mass is 9.82. The molecule has 0 spiro atoms. The number of phenols is 1. The van der Waals surface area contributed by atoms with Crippen molar-refractivity contribution in [2.45, 2.75) is 18.9 Å². The van der Waals surface area contributed by atoms with E-state index in [1.807, 2.05) is 0 Å². The molecule has 0 bridgehead atoms. The van der Waals surface area contributed by atoms with Crippen molar-refractivity contribution in [1.82, 2.24) is 0 Å². The van der Waals surface area contributed by atoms with Gasteiger partial charge in [0.15, 0.2) is 0 Å². The van der Waals surface area contributed by atoms with Gasteiger partial charge in [-0.3, -0.25) is 0 Å². The highest BCUT2D eigenvalue weighted by Gasteiger charge is 2.34. The average Bonchev–Trinajstić information content (AvgIpc) is 2.45. The van der Waals surface area contributed by atoms with Crippen molar-refractivity contribution in [2.75, 3.05) is 0 Å². The van der Waals surface area contributed by atoms with Crippen LogP contribution in [0.15, 0.2) is 53.0 Å². The normalized spacial score (nSPS) is 22.7. The second-order valence-electron chi connectivity index (χ2n) is 5.34. The van der Waals surface area contributed by atoms with E-state index in [9.17, 15) is 19.9 Å². The Bertz CT molecular complexity index is 703. The van der Waals surface area contributed by atoms with Crippen LogP contribution in [-0.4, -0.2) is 36.9 Å². The maximum absolute atomic E-state index is 11.1. The summed E-state index contributed by atoms with van der Waals surface area (Å²) < 4.78 is 14.4. The van der Waals surface area contributed by atoms with Crippen molar-refractivity contribution in [3.05, 3.63) is 53.8 Å². The van der Waals surface area contributed by atoms with Crippen molar-refractivity contribution < 1.29 is 29.7 Å². The number of hydrogen-bond acceptors (Lipinski definition) is 4. The molecule has 0 fully saturated rings. The SMILES string of the molecule is CC(c1ccc(O)cc1)C(O)C1C(O)=CC=C/C1=N\P(=O)(O)O. The zero-order valence-electron chi connectivity index (χ0n) is 12.3. The van der Waals surface area contributed by atoms with Crippen LogP contribution in [0.1, 0.15) is 18.4 Å². The molecule has 7 nitrogen and oxygen atoms in total. The van der Waals surface area contributed by atoms with E-state index < -0.39 is 25.7 Å². The van der Waals surface area contributed by atoms with Crippen molar-refractivity contribution in [2.24, 2.45) is 10.7 Å². The Morgan fingerprint density at radius 2 is 1.78 bits per heavy atom. The summed E-state index contributed by atoms with van der Waals surface area (Å²) in [6.07, 6.45) is 2.93. The summed E-state index contributed by atoms with van der Waals surface area (Å²) in [5, 5.41) is 29.9. The van der Waals surface area contributed by atoms with Gasteiger partial charge in [-0.15, -0.1) is 0 Å². The van der Waals surface area contributed by atoms with Gasteiger partial charge in [0.1, 0.15) is 11.5 Å². The van der Waals surface area contributed by atoms with Crippen LogP contribution in [0.5, 0.6) is 5.75 Å². The first-order chi connectivity index (χ1) is 10.7. The number of allylic oxidation sites excluding steroid dienone is 3. The maximum atomic E-state index is 11.1. The number of rotatable bonds is 4. The largest absolute Gasteiger partial charge is 0.512 e. The molecule has 0 aromatic heterocycles. The quantitative estimate of drug-likeness (QED) is 0.533. The Labute approximate surface area is 133 Å². The molecule has 3 unspecified atom stereocenters. The van der Waals surface area contributed by atoms with Gasteiger partial charge in [0.2, 0.25) is 0 Å². The molecule has 1 aromatic rings. The minimum Gasteiger partial charge on any atom is -0.512 e. The predicted octanol–water partition coefficient (Wildman–Crippen LogP) is 2.02.